The third kappa shape index (κ3) is 7.53. The molecule has 8 nitrogen and oxygen atoms in total. The zero-order valence-corrected chi connectivity index (χ0v) is 15.5. The van der Waals surface area contributed by atoms with Crippen LogP contribution in [0, 0.1) is 0 Å². The van der Waals surface area contributed by atoms with E-state index in [2.05, 4.69) is 27.4 Å². The van der Waals surface area contributed by atoms with Gasteiger partial charge in [-0.15, -0.1) is 6.58 Å². The van der Waals surface area contributed by atoms with E-state index in [1.807, 2.05) is 4.90 Å². The van der Waals surface area contributed by atoms with Crippen molar-refractivity contribution in [2.24, 2.45) is 0 Å². The molecule has 1 heterocycles. The van der Waals surface area contributed by atoms with Gasteiger partial charge in [0.1, 0.15) is 0 Å². The van der Waals surface area contributed by atoms with Gasteiger partial charge >= 0.3 is 6.03 Å². The maximum Gasteiger partial charge on any atom is 0.321 e. The third-order valence-corrected chi connectivity index (χ3v) is 4.84. The van der Waals surface area contributed by atoms with Gasteiger partial charge in [-0.2, -0.15) is 0 Å². The van der Waals surface area contributed by atoms with Gasteiger partial charge in [0.05, 0.1) is 13.1 Å². The Morgan fingerprint density at radius 2 is 1.50 bits per heavy atom. The molecule has 0 unspecified atom stereocenters. The van der Waals surface area contributed by atoms with E-state index in [1.54, 1.807) is 6.08 Å². The molecule has 0 aromatic heterocycles. The monoisotopic (exact) mass is 365 g/mol. The van der Waals surface area contributed by atoms with Crippen LogP contribution < -0.4 is 16.0 Å². The summed E-state index contributed by atoms with van der Waals surface area (Å²) in [6, 6.07) is -0.202. The van der Waals surface area contributed by atoms with Crippen molar-refractivity contribution in [2.45, 2.75) is 38.1 Å². The second-order valence-corrected chi connectivity index (χ2v) is 7.00. The lowest BCUT2D eigenvalue weighted by atomic mass is 9.96. The molecule has 1 saturated carbocycles. The molecular weight excluding hydrogens is 334 g/mol. The van der Waals surface area contributed by atoms with E-state index in [0.717, 1.165) is 38.8 Å². The number of urea groups is 1. The molecule has 2 rings (SSSR count). The highest BCUT2D eigenvalue weighted by Crippen LogP contribution is 2.17. The van der Waals surface area contributed by atoms with E-state index in [4.69, 9.17) is 0 Å². The molecule has 0 spiro atoms. The number of carbonyl (C=O) groups is 3. The van der Waals surface area contributed by atoms with Crippen LogP contribution in [0.2, 0.25) is 0 Å². The second kappa shape index (κ2) is 10.9. The Bertz CT molecular complexity index is 497. The number of nitrogens with one attached hydrogen (secondary N) is 3. The number of hydrogen-bond donors (Lipinski definition) is 3. The summed E-state index contributed by atoms with van der Waals surface area (Å²) < 4.78 is 0. The SMILES string of the molecule is C=CCNC(=O)CN1CCN(CC(=O)NC(=O)NC2CCCCC2)CC1. The normalized spacial score (nSPS) is 19.5. The number of amides is 4. The van der Waals surface area contributed by atoms with Crippen LogP contribution in [-0.2, 0) is 9.59 Å². The molecule has 3 N–H and O–H groups in total. The van der Waals surface area contributed by atoms with Gasteiger partial charge in [-0.05, 0) is 12.8 Å². The quantitative estimate of drug-likeness (QED) is 0.555. The van der Waals surface area contributed by atoms with E-state index in [1.165, 1.54) is 6.42 Å². The Balaban J connectivity index is 1.60. The highest BCUT2D eigenvalue weighted by Gasteiger charge is 2.22. The first-order chi connectivity index (χ1) is 12.6. The van der Waals surface area contributed by atoms with Crippen molar-refractivity contribution in [2.75, 3.05) is 45.8 Å². The lowest BCUT2D eigenvalue weighted by molar-refractivity contribution is -0.124. The second-order valence-electron chi connectivity index (χ2n) is 7.00. The molecule has 1 aliphatic carbocycles. The van der Waals surface area contributed by atoms with E-state index in [0.29, 0.717) is 26.2 Å². The molecule has 1 aliphatic heterocycles. The first kappa shape index (κ1) is 20.4. The van der Waals surface area contributed by atoms with Gasteiger partial charge in [0.15, 0.2) is 0 Å². The largest absolute Gasteiger partial charge is 0.352 e. The number of imide groups is 1. The molecule has 26 heavy (non-hydrogen) atoms. The average molecular weight is 365 g/mol. The Morgan fingerprint density at radius 3 is 2.08 bits per heavy atom. The fourth-order valence-corrected chi connectivity index (χ4v) is 3.39. The lowest BCUT2D eigenvalue weighted by Crippen LogP contribution is -2.53. The minimum Gasteiger partial charge on any atom is -0.352 e. The molecule has 8 heteroatoms. The van der Waals surface area contributed by atoms with E-state index in [-0.39, 0.29) is 30.4 Å². The number of hydrogen-bond acceptors (Lipinski definition) is 5. The van der Waals surface area contributed by atoms with E-state index < -0.39 is 0 Å². The third-order valence-electron chi connectivity index (χ3n) is 4.84. The van der Waals surface area contributed by atoms with Crippen LogP contribution in [0.25, 0.3) is 0 Å². The average Bonchev–Trinajstić information content (AvgIpc) is 2.62. The topological polar surface area (TPSA) is 93.8 Å². The molecule has 4 amide bonds. The number of rotatable bonds is 7. The first-order valence-electron chi connectivity index (χ1n) is 9.49. The fourth-order valence-electron chi connectivity index (χ4n) is 3.39. The van der Waals surface area contributed by atoms with E-state index in [9.17, 15) is 14.4 Å². The van der Waals surface area contributed by atoms with Crippen molar-refractivity contribution in [3.05, 3.63) is 12.7 Å². The van der Waals surface area contributed by atoms with Gasteiger partial charge < -0.3 is 10.6 Å². The minimum atomic E-state index is -0.389. The zero-order valence-electron chi connectivity index (χ0n) is 15.5. The van der Waals surface area contributed by atoms with Gasteiger partial charge in [-0.25, -0.2) is 4.79 Å². The van der Waals surface area contributed by atoms with Crippen molar-refractivity contribution in [3.63, 3.8) is 0 Å². The standard InChI is InChI=1S/C18H31N5O3/c1-2-8-19-16(24)13-22-9-11-23(12-10-22)14-17(25)21-18(26)20-15-6-4-3-5-7-15/h2,15H,1,3-14H2,(H,19,24)(H2,20,21,25,26). The zero-order chi connectivity index (χ0) is 18.8. The predicted octanol–water partition coefficient (Wildman–Crippen LogP) is 0.0647. The molecule has 0 aromatic rings. The van der Waals surface area contributed by atoms with Gasteiger partial charge in [0, 0.05) is 38.8 Å². The van der Waals surface area contributed by atoms with Crippen molar-refractivity contribution < 1.29 is 14.4 Å². The number of piperazine rings is 1. The smallest absolute Gasteiger partial charge is 0.321 e. The Labute approximate surface area is 155 Å². The number of nitrogens with zero attached hydrogens (tertiary/aromatic N) is 2. The summed E-state index contributed by atoms with van der Waals surface area (Å²) in [6.45, 7) is 7.46. The highest BCUT2D eigenvalue weighted by molar-refractivity contribution is 5.95. The van der Waals surface area contributed by atoms with Crippen LogP contribution >= 0.6 is 0 Å². The first-order valence-corrected chi connectivity index (χ1v) is 9.49. The van der Waals surface area contributed by atoms with Crippen molar-refractivity contribution in [1.29, 1.82) is 0 Å². The van der Waals surface area contributed by atoms with Crippen LogP contribution in [0.5, 0.6) is 0 Å². The molecule has 2 aliphatic rings. The molecular formula is C18H31N5O3. The Morgan fingerprint density at radius 1 is 0.923 bits per heavy atom. The summed E-state index contributed by atoms with van der Waals surface area (Å²) >= 11 is 0. The highest BCUT2D eigenvalue weighted by atomic mass is 16.2. The minimum absolute atomic E-state index is 0.0181. The van der Waals surface area contributed by atoms with Crippen LogP contribution in [-0.4, -0.2) is 79.5 Å². The van der Waals surface area contributed by atoms with Crippen LogP contribution in [0.15, 0.2) is 12.7 Å². The van der Waals surface area contributed by atoms with Crippen molar-refractivity contribution in [3.8, 4) is 0 Å². The van der Waals surface area contributed by atoms with Gasteiger partial charge in [-0.1, -0.05) is 25.3 Å². The Kier molecular flexibility index (Phi) is 8.57. The molecule has 146 valence electrons. The molecule has 2 fully saturated rings. The Hall–Kier alpha value is -1.93. The number of carbonyl (C=O) groups excluding carboxylic acids is 3. The molecule has 1 saturated heterocycles. The van der Waals surface area contributed by atoms with Crippen LogP contribution in [0.3, 0.4) is 0 Å². The molecule has 0 aromatic carbocycles. The molecule has 0 atom stereocenters. The fraction of sp³-hybridized carbons (Fsp3) is 0.722. The summed E-state index contributed by atoms with van der Waals surface area (Å²) in [7, 11) is 0. The summed E-state index contributed by atoms with van der Waals surface area (Å²) in [5.41, 5.74) is 0. The van der Waals surface area contributed by atoms with E-state index >= 15 is 0 Å². The van der Waals surface area contributed by atoms with Crippen LogP contribution in [0.4, 0.5) is 4.79 Å². The summed E-state index contributed by atoms with van der Waals surface area (Å²) in [6.07, 6.45) is 7.12. The van der Waals surface area contributed by atoms with Crippen molar-refractivity contribution in [1.82, 2.24) is 25.8 Å². The summed E-state index contributed by atoms with van der Waals surface area (Å²) in [5, 5.41) is 8.06. The van der Waals surface area contributed by atoms with Gasteiger partial charge in [0.25, 0.3) is 0 Å². The lowest BCUT2D eigenvalue weighted by Gasteiger charge is -2.33. The predicted molar refractivity (Wildman–Crippen MR) is 99.6 cm³/mol. The molecule has 0 radical (unpaired) electrons. The van der Waals surface area contributed by atoms with Crippen LogP contribution in [0.1, 0.15) is 32.1 Å². The maximum absolute atomic E-state index is 12.0. The van der Waals surface area contributed by atoms with Gasteiger partial charge in [0.2, 0.25) is 11.8 Å². The van der Waals surface area contributed by atoms with Crippen molar-refractivity contribution >= 4 is 17.8 Å². The van der Waals surface area contributed by atoms with Gasteiger partial charge in [-0.3, -0.25) is 24.7 Å². The maximum atomic E-state index is 12.0. The molecule has 0 bridgehead atoms. The summed E-state index contributed by atoms with van der Waals surface area (Å²) in [5.74, 6) is -0.300. The summed E-state index contributed by atoms with van der Waals surface area (Å²) in [4.78, 5) is 39.7.